The maximum absolute atomic E-state index is 9.12. The largest absolute Gasteiger partial charge is 0.508 e. The summed E-state index contributed by atoms with van der Waals surface area (Å²) in [5.41, 5.74) is 0.778. The minimum Gasteiger partial charge on any atom is -0.508 e. The molecule has 19 heavy (non-hydrogen) atoms. The molecule has 0 saturated heterocycles. The van der Waals surface area contributed by atoms with Crippen molar-refractivity contribution in [2.24, 2.45) is 0 Å². The SMILES string of the molecule is CCc1cc(O)ccc1O.COc1ccc(O)cc1. The van der Waals surface area contributed by atoms with Crippen molar-refractivity contribution in [2.75, 3.05) is 7.11 Å². The van der Waals surface area contributed by atoms with Crippen LogP contribution in [0.2, 0.25) is 0 Å². The van der Waals surface area contributed by atoms with Gasteiger partial charge in [-0.3, -0.25) is 0 Å². The summed E-state index contributed by atoms with van der Waals surface area (Å²) in [5, 5.41) is 26.9. The highest BCUT2D eigenvalue weighted by molar-refractivity contribution is 5.38. The van der Waals surface area contributed by atoms with Crippen LogP contribution < -0.4 is 4.74 Å². The Balaban J connectivity index is 0.000000191. The summed E-state index contributed by atoms with van der Waals surface area (Å²) in [4.78, 5) is 0. The van der Waals surface area contributed by atoms with E-state index in [1.54, 1.807) is 37.4 Å². The van der Waals surface area contributed by atoms with Gasteiger partial charge in [0, 0.05) is 0 Å². The predicted molar refractivity (Wildman–Crippen MR) is 73.8 cm³/mol. The van der Waals surface area contributed by atoms with Gasteiger partial charge >= 0.3 is 0 Å². The number of ether oxygens (including phenoxy) is 1. The van der Waals surface area contributed by atoms with Gasteiger partial charge in [0.1, 0.15) is 23.0 Å². The van der Waals surface area contributed by atoms with Crippen LogP contribution in [0.1, 0.15) is 12.5 Å². The lowest BCUT2D eigenvalue weighted by atomic mass is 10.1. The molecule has 0 aliphatic heterocycles. The molecule has 0 atom stereocenters. The number of hydrogen-bond acceptors (Lipinski definition) is 4. The molecule has 102 valence electrons. The summed E-state index contributed by atoms with van der Waals surface area (Å²) < 4.78 is 4.86. The lowest BCUT2D eigenvalue weighted by Crippen LogP contribution is -1.79. The van der Waals surface area contributed by atoms with Crippen LogP contribution in [0.4, 0.5) is 0 Å². The van der Waals surface area contributed by atoms with Gasteiger partial charge in [0.05, 0.1) is 7.11 Å². The minimum atomic E-state index is 0.203. The molecule has 0 bridgehead atoms. The molecule has 0 saturated carbocycles. The average Bonchev–Trinajstić information content (AvgIpc) is 2.43. The quantitative estimate of drug-likeness (QED) is 0.727. The number of phenols is 3. The third kappa shape index (κ3) is 4.79. The molecule has 0 amide bonds. The topological polar surface area (TPSA) is 69.9 Å². The van der Waals surface area contributed by atoms with E-state index in [4.69, 9.17) is 20.1 Å². The van der Waals surface area contributed by atoms with Gasteiger partial charge in [0.2, 0.25) is 0 Å². The number of hydrogen-bond donors (Lipinski definition) is 3. The second-order valence-corrected chi connectivity index (χ2v) is 3.86. The molecular formula is C15H18O4. The van der Waals surface area contributed by atoms with Gasteiger partial charge in [0.15, 0.2) is 0 Å². The number of rotatable bonds is 2. The Bertz CT molecular complexity index is 506. The van der Waals surface area contributed by atoms with Crippen LogP contribution >= 0.6 is 0 Å². The van der Waals surface area contributed by atoms with Crippen molar-refractivity contribution in [1.29, 1.82) is 0 Å². The summed E-state index contributed by atoms with van der Waals surface area (Å²) in [6.07, 6.45) is 0.736. The first-order chi connectivity index (χ1) is 9.06. The van der Waals surface area contributed by atoms with Gasteiger partial charge in [-0.25, -0.2) is 0 Å². The number of aromatic hydroxyl groups is 3. The zero-order valence-corrected chi connectivity index (χ0v) is 11.0. The molecule has 4 nitrogen and oxygen atoms in total. The van der Waals surface area contributed by atoms with Crippen LogP contribution in [0.25, 0.3) is 0 Å². The van der Waals surface area contributed by atoms with Crippen LogP contribution in [0.3, 0.4) is 0 Å². The Morgan fingerprint density at radius 1 is 0.895 bits per heavy atom. The molecule has 2 rings (SSSR count). The number of phenolic OH excluding ortho intramolecular Hbond substituents is 3. The molecule has 0 aromatic heterocycles. The van der Waals surface area contributed by atoms with Crippen molar-refractivity contribution in [3.8, 4) is 23.0 Å². The van der Waals surface area contributed by atoms with Crippen LogP contribution in [0.15, 0.2) is 42.5 Å². The summed E-state index contributed by atoms with van der Waals surface area (Å²) in [6.45, 7) is 1.93. The van der Waals surface area contributed by atoms with E-state index in [1.807, 2.05) is 6.92 Å². The summed E-state index contributed by atoms with van der Waals surface area (Å²) >= 11 is 0. The number of methoxy groups -OCH3 is 1. The summed E-state index contributed by atoms with van der Waals surface area (Å²) in [7, 11) is 1.59. The van der Waals surface area contributed by atoms with E-state index in [-0.39, 0.29) is 17.2 Å². The van der Waals surface area contributed by atoms with E-state index in [1.165, 1.54) is 12.1 Å². The van der Waals surface area contributed by atoms with Gasteiger partial charge in [0.25, 0.3) is 0 Å². The first kappa shape index (κ1) is 14.7. The lowest BCUT2D eigenvalue weighted by molar-refractivity contribution is 0.412. The average molecular weight is 262 g/mol. The molecule has 0 aliphatic carbocycles. The molecule has 0 unspecified atom stereocenters. The van der Waals surface area contributed by atoms with Crippen molar-refractivity contribution >= 4 is 0 Å². The van der Waals surface area contributed by atoms with Crippen molar-refractivity contribution in [3.05, 3.63) is 48.0 Å². The molecule has 4 heteroatoms. The Morgan fingerprint density at radius 3 is 1.95 bits per heavy atom. The first-order valence-corrected chi connectivity index (χ1v) is 5.90. The third-order valence-corrected chi connectivity index (χ3v) is 2.52. The monoisotopic (exact) mass is 262 g/mol. The summed E-state index contributed by atoms with van der Waals surface area (Å²) in [6, 6.07) is 11.1. The predicted octanol–water partition coefficient (Wildman–Crippen LogP) is 3.06. The molecule has 0 aliphatic rings. The Hall–Kier alpha value is -2.36. The van der Waals surface area contributed by atoms with E-state index in [0.717, 1.165) is 17.7 Å². The molecule has 2 aromatic carbocycles. The van der Waals surface area contributed by atoms with E-state index >= 15 is 0 Å². The zero-order chi connectivity index (χ0) is 14.3. The van der Waals surface area contributed by atoms with Crippen LogP contribution in [-0.2, 0) is 6.42 Å². The van der Waals surface area contributed by atoms with Crippen LogP contribution in [0, 0.1) is 0 Å². The van der Waals surface area contributed by atoms with Gasteiger partial charge in [-0.15, -0.1) is 0 Å². The third-order valence-electron chi connectivity index (χ3n) is 2.52. The molecule has 0 fully saturated rings. The maximum atomic E-state index is 9.12. The Morgan fingerprint density at radius 2 is 1.47 bits per heavy atom. The first-order valence-electron chi connectivity index (χ1n) is 5.90. The van der Waals surface area contributed by atoms with Gasteiger partial charge in [-0.2, -0.15) is 0 Å². The number of aryl methyl sites for hydroxylation is 1. The molecule has 3 N–H and O–H groups in total. The van der Waals surface area contributed by atoms with Gasteiger partial charge < -0.3 is 20.1 Å². The highest BCUT2D eigenvalue weighted by atomic mass is 16.5. The van der Waals surface area contributed by atoms with Crippen molar-refractivity contribution in [1.82, 2.24) is 0 Å². The fraction of sp³-hybridized carbons (Fsp3) is 0.200. The summed E-state index contributed by atoms with van der Waals surface area (Å²) in [5.74, 6) is 1.47. The Labute approximate surface area is 112 Å². The van der Waals surface area contributed by atoms with E-state index in [0.29, 0.717) is 0 Å². The van der Waals surface area contributed by atoms with Crippen molar-refractivity contribution in [2.45, 2.75) is 13.3 Å². The fourth-order valence-electron chi connectivity index (χ4n) is 1.44. The molecule has 0 spiro atoms. The fourth-order valence-corrected chi connectivity index (χ4v) is 1.44. The highest BCUT2D eigenvalue weighted by Crippen LogP contribution is 2.21. The van der Waals surface area contributed by atoms with Gasteiger partial charge in [-0.05, 0) is 54.4 Å². The lowest BCUT2D eigenvalue weighted by Gasteiger charge is -2.00. The molecular weight excluding hydrogens is 244 g/mol. The van der Waals surface area contributed by atoms with E-state index < -0.39 is 0 Å². The zero-order valence-electron chi connectivity index (χ0n) is 11.0. The standard InChI is InChI=1S/C8H10O2.C7H8O2/c1-2-6-5-7(9)3-4-8(6)10;1-9-7-4-2-6(8)3-5-7/h3-5,9-10H,2H2,1H3;2-5,8H,1H3. The Kier molecular flexibility index (Phi) is 5.54. The molecule has 2 aromatic rings. The smallest absolute Gasteiger partial charge is 0.119 e. The van der Waals surface area contributed by atoms with Crippen molar-refractivity contribution in [3.63, 3.8) is 0 Å². The number of benzene rings is 2. The second kappa shape index (κ2) is 7.16. The minimum absolute atomic E-state index is 0.203. The van der Waals surface area contributed by atoms with Crippen LogP contribution in [-0.4, -0.2) is 22.4 Å². The van der Waals surface area contributed by atoms with E-state index in [2.05, 4.69) is 0 Å². The second-order valence-electron chi connectivity index (χ2n) is 3.86. The molecule has 0 heterocycles. The van der Waals surface area contributed by atoms with E-state index in [9.17, 15) is 0 Å². The normalized spacial score (nSPS) is 9.37. The van der Waals surface area contributed by atoms with Crippen molar-refractivity contribution < 1.29 is 20.1 Å². The van der Waals surface area contributed by atoms with Gasteiger partial charge in [-0.1, -0.05) is 6.92 Å². The van der Waals surface area contributed by atoms with Crippen LogP contribution in [0.5, 0.6) is 23.0 Å². The maximum Gasteiger partial charge on any atom is 0.119 e. The highest BCUT2D eigenvalue weighted by Gasteiger charge is 1.97. The molecule has 0 radical (unpaired) electrons.